The lowest BCUT2D eigenvalue weighted by molar-refractivity contribution is 0.0699. The number of nitrogens with zero attached hydrogens (tertiary/aromatic N) is 1. The molecular formula is C14H11NO3. The molecule has 2 aromatic heterocycles. The molecule has 0 unspecified atom stereocenters. The SMILES string of the molecule is O=C(O)c1cn(Cc2ccco2)c2ccccc12. The quantitative estimate of drug-likeness (QED) is 0.766. The molecule has 0 aliphatic heterocycles. The first-order valence-corrected chi connectivity index (χ1v) is 5.59. The van der Waals surface area contributed by atoms with Crippen molar-refractivity contribution in [2.24, 2.45) is 0 Å². The zero-order valence-electron chi connectivity index (χ0n) is 9.54. The van der Waals surface area contributed by atoms with E-state index in [0.717, 1.165) is 16.7 Å². The largest absolute Gasteiger partial charge is 0.478 e. The summed E-state index contributed by atoms with van der Waals surface area (Å²) in [7, 11) is 0. The van der Waals surface area contributed by atoms with Crippen LogP contribution < -0.4 is 0 Å². The number of furan rings is 1. The second kappa shape index (κ2) is 4.07. The van der Waals surface area contributed by atoms with Crippen LogP contribution in [0, 0.1) is 0 Å². The number of carboxylic acid groups (broad SMARTS) is 1. The highest BCUT2D eigenvalue weighted by Crippen LogP contribution is 2.22. The van der Waals surface area contributed by atoms with Gasteiger partial charge in [0, 0.05) is 17.1 Å². The van der Waals surface area contributed by atoms with E-state index in [1.165, 1.54) is 0 Å². The fourth-order valence-corrected chi connectivity index (χ4v) is 2.12. The van der Waals surface area contributed by atoms with Crippen molar-refractivity contribution in [1.82, 2.24) is 4.57 Å². The number of hydrogen-bond donors (Lipinski definition) is 1. The van der Waals surface area contributed by atoms with Gasteiger partial charge in [0.15, 0.2) is 0 Å². The molecule has 0 spiro atoms. The first kappa shape index (κ1) is 10.7. The van der Waals surface area contributed by atoms with Gasteiger partial charge in [0.2, 0.25) is 0 Å². The highest BCUT2D eigenvalue weighted by Gasteiger charge is 2.13. The van der Waals surface area contributed by atoms with Crippen molar-refractivity contribution in [3.63, 3.8) is 0 Å². The zero-order valence-corrected chi connectivity index (χ0v) is 9.54. The number of aromatic nitrogens is 1. The molecule has 4 heteroatoms. The molecular weight excluding hydrogens is 230 g/mol. The van der Waals surface area contributed by atoms with Crippen LogP contribution in [-0.2, 0) is 6.54 Å². The molecule has 3 aromatic rings. The van der Waals surface area contributed by atoms with Gasteiger partial charge in [0.1, 0.15) is 5.76 Å². The fourth-order valence-electron chi connectivity index (χ4n) is 2.12. The van der Waals surface area contributed by atoms with E-state index in [9.17, 15) is 9.90 Å². The van der Waals surface area contributed by atoms with E-state index in [1.807, 2.05) is 41.0 Å². The Hall–Kier alpha value is -2.49. The topological polar surface area (TPSA) is 55.4 Å². The smallest absolute Gasteiger partial charge is 0.337 e. The van der Waals surface area contributed by atoms with Crippen molar-refractivity contribution in [1.29, 1.82) is 0 Å². The minimum Gasteiger partial charge on any atom is -0.478 e. The number of carboxylic acids is 1. The van der Waals surface area contributed by atoms with Crippen molar-refractivity contribution < 1.29 is 14.3 Å². The number of hydrogen-bond acceptors (Lipinski definition) is 2. The van der Waals surface area contributed by atoms with E-state index in [-0.39, 0.29) is 0 Å². The maximum absolute atomic E-state index is 11.2. The standard InChI is InChI=1S/C14H11NO3/c16-14(17)12-9-15(8-10-4-3-7-18-10)13-6-2-1-5-11(12)13/h1-7,9H,8H2,(H,16,17). The van der Waals surface area contributed by atoms with Gasteiger partial charge in [-0.05, 0) is 18.2 Å². The highest BCUT2D eigenvalue weighted by molar-refractivity contribution is 6.03. The van der Waals surface area contributed by atoms with Gasteiger partial charge in [-0.25, -0.2) is 4.79 Å². The van der Waals surface area contributed by atoms with Gasteiger partial charge in [-0.1, -0.05) is 18.2 Å². The predicted octanol–water partition coefficient (Wildman–Crippen LogP) is 2.98. The third-order valence-electron chi connectivity index (χ3n) is 2.93. The van der Waals surface area contributed by atoms with Gasteiger partial charge < -0.3 is 14.1 Å². The van der Waals surface area contributed by atoms with Crippen molar-refractivity contribution in [3.05, 3.63) is 60.2 Å². The lowest BCUT2D eigenvalue weighted by atomic mass is 10.2. The van der Waals surface area contributed by atoms with Gasteiger partial charge >= 0.3 is 5.97 Å². The first-order chi connectivity index (χ1) is 8.75. The summed E-state index contributed by atoms with van der Waals surface area (Å²) in [6.07, 6.45) is 3.26. The van der Waals surface area contributed by atoms with Gasteiger partial charge in [-0.2, -0.15) is 0 Å². The second-order valence-electron chi connectivity index (χ2n) is 4.07. The molecule has 90 valence electrons. The average Bonchev–Trinajstić information content (AvgIpc) is 2.98. The van der Waals surface area contributed by atoms with Crippen molar-refractivity contribution in [3.8, 4) is 0 Å². The van der Waals surface area contributed by atoms with Gasteiger partial charge in [-0.3, -0.25) is 0 Å². The summed E-state index contributed by atoms with van der Waals surface area (Å²) in [4.78, 5) is 11.2. The number of fused-ring (bicyclic) bond motifs is 1. The Morgan fingerprint density at radius 2 is 2.06 bits per heavy atom. The predicted molar refractivity (Wildman–Crippen MR) is 66.7 cm³/mol. The third kappa shape index (κ3) is 1.68. The number of benzene rings is 1. The molecule has 18 heavy (non-hydrogen) atoms. The van der Waals surface area contributed by atoms with E-state index in [2.05, 4.69) is 0 Å². The molecule has 0 bridgehead atoms. The summed E-state index contributed by atoms with van der Waals surface area (Å²) < 4.78 is 7.17. The molecule has 0 saturated heterocycles. The summed E-state index contributed by atoms with van der Waals surface area (Å²) >= 11 is 0. The minimum absolute atomic E-state index is 0.317. The summed E-state index contributed by atoms with van der Waals surface area (Å²) in [6.45, 7) is 0.529. The van der Waals surface area contributed by atoms with E-state index in [1.54, 1.807) is 12.5 Å². The molecule has 3 rings (SSSR count). The summed E-state index contributed by atoms with van der Waals surface area (Å²) in [5, 5.41) is 9.93. The lowest BCUT2D eigenvalue weighted by Gasteiger charge is -2.01. The van der Waals surface area contributed by atoms with E-state index < -0.39 is 5.97 Å². The number of carbonyl (C=O) groups is 1. The highest BCUT2D eigenvalue weighted by atomic mass is 16.4. The van der Waals surface area contributed by atoms with E-state index in [0.29, 0.717) is 12.1 Å². The Morgan fingerprint density at radius 1 is 1.22 bits per heavy atom. The summed E-state index contributed by atoms with van der Waals surface area (Å²) in [6, 6.07) is 11.1. The second-order valence-corrected chi connectivity index (χ2v) is 4.07. The van der Waals surface area contributed by atoms with E-state index in [4.69, 9.17) is 4.42 Å². The molecule has 1 N–H and O–H groups in total. The van der Waals surface area contributed by atoms with Gasteiger partial charge in [0.25, 0.3) is 0 Å². The van der Waals surface area contributed by atoms with Gasteiger partial charge in [-0.15, -0.1) is 0 Å². The van der Waals surface area contributed by atoms with Crippen LogP contribution in [0.1, 0.15) is 16.1 Å². The Bertz CT molecular complexity index is 695. The minimum atomic E-state index is -0.913. The zero-order chi connectivity index (χ0) is 12.5. The molecule has 0 amide bonds. The monoisotopic (exact) mass is 241 g/mol. The van der Waals surface area contributed by atoms with Crippen molar-refractivity contribution >= 4 is 16.9 Å². The maximum atomic E-state index is 11.2. The van der Waals surface area contributed by atoms with Crippen LogP contribution in [0.4, 0.5) is 0 Å². The molecule has 4 nitrogen and oxygen atoms in total. The van der Waals surface area contributed by atoms with Crippen molar-refractivity contribution in [2.75, 3.05) is 0 Å². The molecule has 0 aliphatic carbocycles. The number of rotatable bonds is 3. The van der Waals surface area contributed by atoms with Crippen LogP contribution in [0.2, 0.25) is 0 Å². The third-order valence-corrected chi connectivity index (χ3v) is 2.93. The average molecular weight is 241 g/mol. The Labute approximate surface area is 103 Å². The Morgan fingerprint density at radius 3 is 2.78 bits per heavy atom. The van der Waals surface area contributed by atoms with Crippen LogP contribution in [-0.4, -0.2) is 15.6 Å². The number of aromatic carboxylic acids is 1. The molecule has 0 fully saturated rings. The summed E-state index contributed by atoms with van der Waals surface area (Å²) in [5.74, 6) is -0.114. The van der Waals surface area contributed by atoms with Crippen LogP contribution in [0.5, 0.6) is 0 Å². The Kier molecular flexibility index (Phi) is 2.41. The number of para-hydroxylation sites is 1. The molecule has 0 atom stereocenters. The molecule has 0 saturated carbocycles. The fraction of sp³-hybridized carbons (Fsp3) is 0.0714. The van der Waals surface area contributed by atoms with Crippen LogP contribution >= 0.6 is 0 Å². The van der Waals surface area contributed by atoms with Crippen LogP contribution in [0.15, 0.2) is 53.3 Å². The van der Waals surface area contributed by atoms with Crippen LogP contribution in [0.3, 0.4) is 0 Å². The first-order valence-electron chi connectivity index (χ1n) is 5.59. The normalized spacial score (nSPS) is 10.9. The molecule has 0 radical (unpaired) electrons. The maximum Gasteiger partial charge on any atom is 0.337 e. The summed E-state index contributed by atoms with van der Waals surface area (Å²) in [5.41, 5.74) is 1.21. The molecule has 0 aliphatic rings. The van der Waals surface area contributed by atoms with Crippen molar-refractivity contribution in [2.45, 2.75) is 6.54 Å². The van der Waals surface area contributed by atoms with Gasteiger partial charge in [0.05, 0.1) is 18.4 Å². The van der Waals surface area contributed by atoms with Crippen LogP contribution in [0.25, 0.3) is 10.9 Å². The van der Waals surface area contributed by atoms with E-state index >= 15 is 0 Å². The lowest BCUT2D eigenvalue weighted by Crippen LogP contribution is -1.97. The molecule has 1 aromatic carbocycles. The Balaban J connectivity index is 2.14. The molecule has 2 heterocycles.